The van der Waals surface area contributed by atoms with Crippen molar-refractivity contribution in [3.63, 3.8) is 0 Å². The highest BCUT2D eigenvalue weighted by atomic mass is 32.2. The topological polar surface area (TPSA) is 145 Å². The largest absolute Gasteiger partial charge is 0.382 e. The third-order valence-corrected chi connectivity index (χ3v) is 9.93. The summed E-state index contributed by atoms with van der Waals surface area (Å²) in [6.07, 6.45) is 7.59. The fourth-order valence-electron chi connectivity index (χ4n) is 6.88. The fourth-order valence-corrected chi connectivity index (χ4v) is 7.93. The second kappa shape index (κ2) is 10.4. The second-order valence-electron chi connectivity index (χ2n) is 11.5. The molecule has 11 nitrogen and oxygen atoms in total. The predicted molar refractivity (Wildman–Crippen MR) is 157 cm³/mol. The van der Waals surface area contributed by atoms with Crippen molar-refractivity contribution in [3.05, 3.63) is 60.6 Å². The highest BCUT2D eigenvalue weighted by Crippen LogP contribution is 2.45. The molecule has 1 aromatic carbocycles. The first-order chi connectivity index (χ1) is 20.3. The number of ether oxygens (including phenoxy) is 1. The van der Waals surface area contributed by atoms with Crippen LogP contribution in [-0.4, -0.2) is 82.9 Å². The summed E-state index contributed by atoms with van der Waals surface area (Å²) in [6.45, 7) is 1.63. The molecule has 1 unspecified atom stereocenters. The molecule has 0 spiro atoms. The number of anilines is 1. The Balaban J connectivity index is 1.25. The smallest absolute Gasteiger partial charge is 0.242 e. The molecule has 4 aromatic rings. The highest BCUT2D eigenvalue weighted by molar-refractivity contribution is 7.91. The lowest BCUT2D eigenvalue weighted by Crippen LogP contribution is -2.57. The van der Waals surface area contributed by atoms with Gasteiger partial charge in [0.2, 0.25) is 5.91 Å². The number of hydrogen-bond acceptors (Lipinski definition) is 9. The van der Waals surface area contributed by atoms with Gasteiger partial charge in [-0.05, 0) is 31.7 Å². The quantitative estimate of drug-likeness (QED) is 0.360. The Kier molecular flexibility index (Phi) is 6.71. The minimum atomic E-state index is -3.73. The molecule has 3 saturated heterocycles. The second-order valence-corrected chi connectivity index (χ2v) is 13.4. The molecule has 2 bridgehead atoms. The van der Waals surface area contributed by atoms with Gasteiger partial charge in [0, 0.05) is 53.7 Å². The van der Waals surface area contributed by atoms with Crippen molar-refractivity contribution in [2.24, 2.45) is 0 Å². The SMILES string of the molecule is CS(=O)(=O)c1c(C2C[C@H]3CC[C@@H](C2)N3C(=O)[C@H]2COCCN2)nc2c(-c3ccc(-c4ccccc4)nc3)cnn2c1N. The van der Waals surface area contributed by atoms with Crippen molar-refractivity contribution in [2.75, 3.05) is 31.7 Å². The average molecular weight is 588 g/mol. The van der Waals surface area contributed by atoms with Gasteiger partial charge in [-0.15, -0.1) is 0 Å². The van der Waals surface area contributed by atoms with E-state index in [1.165, 1.54) is 4.52 Å². The zero-order valence-corrected chi connectivity index (χ0v) is 24.1. The molecule has 4 atom stereocenters. The third-order valence-electron chi connectivity index (χ3n) is 8.77. The summed E-state index contributed by atoms with van der Waals surface area (Å²) >= 11 is 0. The van der Waals surface area contributed by atoms with Gasteiger partial charge in [0.1, 0.15) is 16.8 Å². The standard InChI is InChI=1S/C30H33N7O4S/c1-42(39,40)27-26(20-13-21-8-9-22(14-20)36(21)30(38)25-17-41-12-11-32-25)35-29-23(16-34-37(29)28(27)31)19-7-10-24(33-15-19)18-5-3-2-4-6-18/h2-7,10,15-16,20-22,25,32H,8-9,11-14,17,31H2,1H3/t20?,21-,22+,25-/m1/s1. The monoisotopic (exact) mass is 587 g/mol. The van der Waals surface area contributed by atoms with Gasteiger partial charge in [-0.3, -0.25) is 9.78 Å². The van der Waals surface area contributed by atoms with Gasteiger partial charge in [-0.2, -0.15) is 9.61 Å². The van der Waals surface area contributed by atoms with Crippen LogP contribution in [0, 0.1) is 0 Å². The molecule has 12 heteroatoms. The number of rotatable bonds is 5. The van der Waals surface area contributed by atoms with Crippen LogP contribution in [0.25, 0.3) is 28.0 Å². The number of benzene rings is 1. The van der Waals surface area contributed by atoms with Crippen molar-refractivity contribution in [2.45, 2.75) is 54.6 Å². The predicted octanol–water partition coefficient (Wildman–Crippen LogP) is 2.67. The zero-order chi connectivity index (χ0) is 29.0. The van der Waals surface area contributed by atoms with E-state index in [4.69, 9.17) is 15.5 Å². The van der Waals surface area contributed by atoms with Gasteiger partial charge in [0.15, 0.2) is 15.5 Å². The number of nitrogens with two attached hydrogens (primary N) is 1. The molecule has 218 valence electrons. The van der Waals surface area contributed by atoms with Crippen LogP contribution in [0.15, 0.2) is 59.8 Å². The van der Waals surface area contributed by atoms with Crippen molar-refractivity contribution >= 4 is 27.2 Å². The van der Waals surface area contributed by atoms with Crippen molar-refractivity contribution in [1.82, 2.24) is 29.8 Å². The fraction of sp³-hybridized carbons (Fsp3) is 0.400. The molecule has 0 saturated carbocycles. The summed E-state index contributed by atoms with van der Waals surface area (Å²) in [5.41, 5.74) is 10.9. The minimum Gasteiger partial charge on any atom is -0.382 e. The van der Waals surface area contributed by atoms with Gasteiger partial charge < -0.3 is 20.7 Å². The Labute approximate surface area is 244 Å². The number of nitrogens with one attached hydrogen (secondary N) is 1. The number of morpholine rings is 1. The van der Waals surface area contributed by atoms with Gasteiger partial charge in [0.25, 0.3) is 0 Å². The normalized spacial score (nSPS) is 24.3. The Morgan fingerprint density at radius 3 is 2.45 bits per heavy atom. The number of carbonyl (C=O) groups is 1. The van der Waals surface area contributed by atoms with E-state index in [0.29, 0.717) is 49.5 Å². The number of fused-ring (bicyclic) bond motifs is 3. The number of hydrogen-bond donors (Lipinski definition) is 2. The molecule has 3 aliphatic heterocycles. The van der Waals surface area contributed by atoms with Crippen LogP contribution in [0.1, 0.15) is 37.3 Å². The summed E-state index contributed by atoms with van der Waals surface area (Å²) in [5, 5.41) is 7.71. The average Bonchev–Trinajstić information content (AvgIpc) is 3.55. The van der Waals surface area contributed by atoms with Gasteiger partial charge >= 0.3 is 0 Å². The van der Waals surface area contributed by atoms with Crippen molar-refractivity contribution in [3.8, 4) is 22.4 Å². The maximum Gasteiger partial charge on any atom is 0.242 e. The molecule has 1 amide bonds. The van der Waals surface area contributed by atoms with E-state index in [2.05, 4.69) is 15.4 Å². The van der Waals surface area contributed by atoms with Gasteiger partial charge in [-0.25, -0.2) is 13.4 Å². The first-order valence-corrected chi connectivity index (χ1v) is 16.2. The number of aromatic nitrogens is 4. The summed E-state index contributed by atoms with van der Waals surface area (Å²) in [7, 11) is -3.73. The van der Waals surface area contributed by atoms with Crippen LogP contribution in [0.4, 0.5) is 5.82 Å². The lowest BCUT2D eigenvalue weighted by Gasteiger charge is -2.41. The Morgan fingerprint density at radius 2 is 1.81 bits per heavy atom. The number of amides is 1. The first kappa shape index (κ1) is 27.0. The lowest BCUT2D eigenvalue weighted by molar-refractivity contribution is -0.141. The van der Waals surface area contributed by atoms with Crippen LogP contribution in [0.3, 0.4) is 0 Å². The molecule has 3 aromatic heterocycles. The molecular formula is C30H33N7O4S. The number of piperidine rings is 1. The van der Waals surface area contributed by atoms with E-state index in [0.717, 1.165) is 35.9 Å². The minimum absolute atomic E-state index is 0.00995. The van der Waals surface area contributed by atoms with E-state index in [9.17, 15) is 13.2 Å². The van der Waals surface area contributed by atoms with E-state index < -0.39 is 9.84 Å². The highest BCUT2D eigenvalue weighted by Gasteiger charge is 2.47. The molecule has 3 aliphatic rings. The summed E-state index contributed by atoms with van der Waals surface area (Å²) in [6, 6.07) is 13.5. The molecule has 6 heterocycles. The molecule has 3 fully saturated rings. The number of nitrogen functional groups attached to an aromatic ring is 1. The number of pyridine rings is 1. The van der Waals surface area contributed by atoms with Crippen LogP contribution >= 0.6 is 0 Å². The third kappa shape index (κ3) is 4.63. The zero-order valence-electron chi connectivity index (χ0n) is 23.3. The van der Waals surface area contributed by atoms with Crippen molar-refractivity contribution in [1.29, 1.82) is 0 Å². The molecular weight excluding hydrogens is 554 g/mol. The Hall–Kier alpha value is -3.87. The summed E-state index contributed by atoms with van der Waals surface area (Å²) < 4.78 is 33.2. The van der Waals surface area contributed by atoms with Crippen LogP contribution in [0.5, 0.6) is 0 Å². The van der Waals surface area contributed by atoms with Crippen molar-refractivity contribution < 1.29 is 17.9 Å². The maximum absolute atomic E-state index is 13.4. The molecule has 42 heavy (non-hydrogen) atoms. The molecule has 3 N–H and O–H groups in total. The maximum atomic E-state index is 13.4. The molecule has 7 rings (SSSR count). The van der Waals surface area contributed by atoms with Crippen LogP contribution in [0.2, 0.25) is 0 Å². The Bertz CT molecular complexity index is 1740. The molecule has 0 aliphatic carbocycles. The molecule has 0 radical (unpaired) electrons. The van der Waals surface area contributed by atoms with Crippen LogP contribution < -0.4 is 11.1 Å². The van der Waals surface area contributed by atoms with Crippen LogP contribution in [-0.2, 0) is 19.4 Å². The van der Waals surface area contributed by atoms with E-state index in [1.807, 2.05) is 47.4 Å². The first-order valence-electron chi connectivity index (χ1n) is 14.3. The number of sulfone groups is 1. The number of carbonyl (C=O) groups excluding carboxylic acids is 1. The Morgan fingerprint density at radius 1 is 1.05 bits per heavy atom. The van der Waals surface area contributed by atoms with Gasteiger partial charge in [-0.1, -0.05) is 36.4 Å². The summed E-state index contributed by atoms with van der Waals surface area (Å²) in [5.74, 6) is -0.0519. The van der Waals surface area contributed by atoms with Gasteiger partial charge in [0.05, 0.1) is 30.8 Å². The summed E-state index contributed by atoms with van der Waals surface area (Å²) in [4.78, 5) is 25.1. The van der Waals surface area contributed by atoms with E-state index in [-0.39, 0.29) is 40.7 Å². The van der Waals surface area contributed by atoms with E-state index in [1.54, 1.807) is 12.4 Å². The number of nitrogens with zero attached hydrogens (tertiary/aromatic N) is 5. The van der Waals surface area contributed by atoms with E-state index >= 15 is 0 Å². The lowest BCUT2D eigenvalue weighted by atomic mass is 9.87.